The van der Waals surface area contributed by atoms with Crippen LogP contribution in [0.2, 0.25) is 0 Å². The number of H-pyrrole nitrogens is 1. The van der Waals surface area contributed by atoms with Crippen LogP contribution in [0.1, 0.15) is 54.4 Å². The maximum atomic E-state index is 12.5. The summed E-state index contributed by atoms with van der Waals surface area (Å²) in [5.41, 5.74) is 3.16. The number of nitrogens with zero attached hydrogens (tertiary/aromatic N) is 2. The van der Waals surface area contributed by atoms with Crippen LogP contribution in [0.25, 0.3) is 5.57 Å². The Bertz CT molecular complexity index is 774. The van der Waals surface area contributed by atoms with Crippen LogP contribution in [0.15, 0.2) is 17.5 Å². The zero-order chi connectivity index (χ0) is 16.5. The highest BCUT2D eigenvalue weighted by Crippen LogP contribution is 2.39. The highest BCUT2D eigenvalue weighted by atomic mass is 32.1. The first-order valence-electron chi connectivity index (χ1n) is 8.42. The average molecular weight is 343 g/mol. The van der Waals surface area contributed by atoms with E-state index in [1.807, 2.05) is 18.4 Å². The second-order valence-electron chi connectivity index (χ2n) is 6.47. The number of amides is 1. The molecule has 1 atom stereocenters. The van der Waals surface area contributed by atoms with Gasteiger partial charge in [0.25, 0.3) is 0 Å². The minimum absolute atomic E-state index is 0.0727. The molecule has 1 aliphatic carbocycles. The van der Waals surface area contributed by atoms with E-state index in [2.05, 4.69) is 31.9 Å². The van der Waals surface area contributed by atoms with Gasteiger partial charge in [-0.3, -0.25) is 9.89 Å². The van der Waals surface area contributed by atoms with E-state index < -0.39 is 0 Å². The van der Waals surface area contributed by atoms with Crippen molar-refractivity contribution in [3.8, 4) is 0 Å². The number of hydrogen-bond donors (Lipinski definition) is 3. The maximum absolute atomic E-state index is 12.5. The first kappa shape index (κ1) is 15.5. The molecule has 1 amide bonds. The summed E-state index contributed by atoms with van der Waals surface area (Å²) in [7, 11) is 0. The lowest BCUT2D eigenvalue weighted by Crippen LogP contribution is -2.21. The summed E-state index contributed by atoms with van der Waals surface area (Å²) in [5.74, 6) is 0.826. The van der Waals surface area contributed by atoms with E-state index in [0.717, 1.165) is 35.9 Å². The predicted molar refractivity (Wildman–Crippen MR) is 95.2 cm³/mol. The van der Waals surface area contributed by atoms with E-state index in [9.17, 15) is 4.79 Å². The quantitative estimate of drug-likeness (QED) is 0.779. The molecule has 6 nitrogen and oxygen atoms in total. The molecule has 3 heterocycles. The highest BCUT2D eigenvalue weighted by Gasteiger charge is 2.26. The van der Waals surface area contributed by atoms with Crippen molar-refractivity contribution in [1.82, 2.24) is 20.5 Å². The molecule has 0 radical (unpaired) electrons. The van der Waals surface area contributed by atoms with Gasteiger partial charge in [0.1, 0.15) is 5.01 Å². The number of thiazole rings is 1. The van der Waals surface area contributed by atoms with Gasteiger partial charge in [-0.1, -0.05) is 6.08 Å². The summed E-state index contributed by atoms with van der Waals surface area (Å²) in [5, 5.41) is 16.4. The van der Waals surface area contributed by atoms with Crippen molar-refractivity contribution in [2.45, 2.75) is 38.0 Å². The van der Waals surface area contributed by atoms with Crippen LogP contribution in [-0.4, -0.2) is 34.2 Å². The second-order valence-corrected chi connectivity index (χ2v) is 7.32. The predicted octanol–water partition coefficient (Wildman–Crippen LogP) is 2.86. The van der Waals surface area contributed by atoms with E-state index >= 15 is 0 Å². The average Bonchev–Trinajstić information content (AvgIpc) is 3.16. The summed E-state index contributed by atoms with van der Waals surface area (Å²) < 4.78 is 0. The van der Waals surface area contributed by atoms with Crippen molar-refractivity contribution in [2.24, 2.45) is 0 Å². The van der Waals surface area contributed by atoms with Crippen LogP contribution in [0, 0.1) is 0 Å². The standard InChI is InChI=1S/C17H21N5OS/c1-10(14-9-24-17(19-14)12-3-2-6-18-8-12)16(23)20-15-7-13(21-22-15)11-4-5-11/h3,7,9-11,18H,2,4-6,8H2,1H3,(H2,20,21,22,23). The third-order valence-corrected chi connectivity index (χ3v) is 5.46. The van der Waals surface area contributed by atoms with E-state index in [-0.39, 0.29) is 11.8 Å². The fourth-order valence-electron chi connectivity index (χ4n) is 2.81. The van der Waals surface area contributed by atoms with Gasteiger partial charge in [-0.05, 0) is 38.3 Å². The van der Waals surface area contributed by atoms with Gasteiger partial charge in [0.05, 0.1) is 11.6 Å². The lowest BCUT2D eigenvalue weighted by atomic mass is 10.1. The van der Waals surface area contributed by atoms with E-state index in [4.69, 9.17) is 0 Å². The Balaban J connectivity index is 1.42. The van der Waals surface area contributed by atoms with Gasteiger partial charge < -0.3 is 10.6 Å². The smallest absolute Gasteiger partial charge is 0.234 e. The lowest BCUT2D eigenvalue weighted by molar-refractivity contribution is -0.117. The van der Waals surface area contributed by atoms with Gasteiger partial charge >= 0.3 is 0 Å². The number of rotatable bonds is 5. The van der Waals surface area contributed by atoms with Gasteiger partial charge in [-0.25, -0.2) is 4.98 Å². The zero-order valence-electron chi connectivity index (χ0n) is 13.6. The van der Waals surface area contributed by atoms with Gasteiger partial charge in [0, 0.05) is 29.6 Å². The van der Waals surface area contributed by atoms with Gasteiger partial charge in [0.15, 0.2) is 5.82 Å². The van der Waals surface area contributed by atoms with E-state index in [1.165, 1.54) is 18.4 Å². The maximum Gasteiger partial charge on any atom is 0.234 e. The van der Waals surface area contributed by atoms with Gasteiger partial charge in [-0.2, -0.15) is 5.10 Å². The fraction of sp³-hybridized carbons (Fsp3) is 0.471. The number of nitrogens with one attached hydrogen (secondary N) is 3. The Morgan fingerprint density at radius 3 is 3.08 bits per heavy atom. The summed E-state index contributed by atoms with van der Waals surface area (Å²) in [4.78, 5) is 17.1. The van der Waals surface area contributed by atoms with Crippen LogP contribution in [-0.2, 0) is 4.79 Å². The molecule has 0 spiro atoms. The van der Waals surface area contributed by atoms with Crippen molar-refractivity contribution < 1.29 is 4.79 Å². The van der Waals surface area contributed by atoms with E-state index in [1.54, 1.807) is 11.3 Å². The monoisotopic (exact) mass is 343 g/mol. The molecule has 126 valence electrons. The fourth-order valence-corrected chi connectivity index (χ4v) is 3.77. The van der Waals surface area contributed by atoms with Crippen molar-refractivity contribution in [1.29, 1.82) is 0 Å². The summed E-state index contributed by atoms with van der Waals surface area (Å²) >= 11 is 1.60. The molecule has 7 heteroatoms. The Morgan fingerprint density at radius 1 is 1.46 bits per heavy atom. The Kier molecular flexibility index (Phi) is 4.20. The lowest BCUT2D eigenvalue weighted by Gasteiger charge is -2.12. The molecule has 2 aromatic rings. The molecular formula is C17H21N5OS. The SMILES string of the molecule is CC(C(=O)Nc1cc(C2CC2)[nH]n1)c1csc(C2=CCCNC2)n1. The summed E-state index contributed by atoms with van der Waals surface area (Å²) in [6.07, 6.45) is 5.67. The molecule has 1 fully saturated rings. The summed E-state index contributed by atoms with van der Waals surface area (Å²) in [6.45, 7) is 3.76. The molecular weight excluding hydrogens is 322 g/mol. The molecule has 24 heavy (non-hydrogen) atoms. The first-order chi connectivity index (χ1) is 11.7. The molecule has 2 aromatic heterocycles. The minimum atomic E-state index is -0.298. The van der Waals surface area contributed by atoms with Crippen molar-refractivity contribution in [3.05, 3.63) is 33.9 Å². The molecule has 0 saturated heterocycles. The number of aromatic nitrogens is 3. The molecule has 2 aliphatic rings. The van der Waals surface area contributed by atoms with Crippen molar-refractivity contribution in [3.63, 3.8) is 0 Å². The van der Waals surface area contributed by atoms with Gasteiger partial charge in [0.2, 0.25) is 5.91 Å². The number of carbonyl (C=O) groups excluding carboxylic acids is 1. The van der Waals surface area contributed by atoms with Crippen LogP contribution >= 0.6 is 11.3 Å². The topological polar surface area (TPSA) is 82.7 Å². The molecule has 1 unspecified atom stereocenters. The van der Waals surface area contributed by atoms with Crippen molar-refractivity contribution >= 4 is 28.6 Å². The molecule has 0 bridgehead atoms. The highest BCUT2D eigenvalue weighted by molar-refractivity contribution is 7.10. The largest absolute Gasteiger partial charge is 0.312 e. The molecule has 4 rings (SSSR count). The number of aromatic amines is 1. The zero-order valence-corrected chi connectivity index (χ0v) is 14.4. The Morgan fingerprint density at radius 2 is 2.33 bits per heavy atom. The minimum Gasteiger partial charge on any atom is -0.312 e. The first-order valence-corrected chi connectivity index (χ1v) is 9.30. The van der Waals surface area contributed by atoms with E-state index in [0.29, 0.717) is 11.7 Å². The van der Waals surface area contributed by atoms with Crippen LogP contribution in [0.3, 0.4) is 0 Å². The molecule has 1 aliphatic heterocycles. The number of hydrogen-bond acceptors (Lipinski definition) is 5. The van der Waals surface area contributed by atoms with Gasteiger partial charge in [-0.15, -0.1) is 11.3 Å². The number of carbonyl (C=O) groups is 1. The summed E-state index contributed by atoms with van der Waals surface area (Å²) in [6, 6.07) is 1.94. The van der Waals surface area contributed by atoms with Crippen LogP contribution in [0.5, 0.6) is 0 Å². The van der Waals surface area contributed by atoms with Crippen molar-refractivity contribution in [2.75, 3.05) is 18.4 Å². The van der Waals surface area contributed by atoms with Crippen LogP contribution < -0.4 is 10.6 Å². The number of anilines is 1. The Hall–Kier alpha value is -1.99. The molecule has 0 aromatic carbocycles. The third-order valence-electron chi connectivity index (χ3n) is 4.53. The third kappa shape index (κ3) is 3.27. The second kappa shape index (κ2) is 6.49. The Labute approximate surface area is 144 Å². The molecule has 3 N–H and O–H groups in total. The van der Waals surface area contributed by atoms with Crippen LogP contribution in [0.4, 0.5) is 5.82 Å². The normalized spacial score (nSPS) is 19.0. The molecule has 1 saturated carbocycles.